The molecule has 1 heterocycles. The molecule has 1 rings (SSSR count). The van der Waals surface area contributed by atoms with Crippen molar-refractivity contribution in [1.82, 2.24) is 10.3 Å². The number of rotatable bonds is 3. The van der Waals surface area contributed by atoms with Crippen LogP contribution in [-0.2, 0) is 0 Å². The Bertz CT molecular complexity index is 209. The van der Waals surface area contributed by atoms with Gasteiger partial charge in [-0.2, -0.15) is 0 Å². The molecule has 11 heavy (non-hydrogen) atoms. The molecule has 0 amide bonds. The van der Waals surface area contributed by atoms with E-state index in [2.05, 4.69) is 15.6 Å². The first-order valence-corrected chi connectivity index (χ1v) is 3.71. The Morgan fingerprint density at radius 2 is 2.36 bits per heavy atom. The van der Waals surface area contributed by atoms with Gasteiger partial charge in [0.15, 0.2) is 0 Å². The quantitative estimate of drug-likeness (QED) is 0.674. The lowest BCUT2D eigenvalue weighted by atomic mass is 10.5. The second-order valence-corrected chi connectivity index (χ2v) is 2.51. The molecule has 0 radical (unpaired) electrons. The Labute approximate surface area is 70.8 Å². The number of hydrogen-bond donors (Lipinski definition) is 2. The van der Waals surface area contributed by atoms with E-state index < -0.39 is 0 Å². The van der Waals surface area contributed by atoms with Crippen LogP contribution in [0.4, 0.5) is 5.82 Å². The minimum atomic E-state index is 0.653. The number of nitrogens with zero attached hydrogens (tertiary/aromatic N) is 1. The van der Waals surface area contributed by atoms with E-state index in [0.29, 0.717) is 11.7 Å². The van der Waals surface area contributed by atoms with Crippen LogP contribution in [0.2, 0.25) is 5.02 Å². The lowest BCUT2D eigenvalue weighted by molar-refractivity contribution is 0.868. The smallest absolute Gasteiger partial charge is 0.126 e. The third-order valence-electron chi connectivity index (χ3n) is 1.17. The minimum absolute atomic E-state index is 0.653. The number of nitrogens with one attached hydrogen (secondary N) is 2. The van der Waals surface area contributed by atoms with Gasteiger partial charge in [-0.25, -0.2) is 4.98 Å². The fourth-order valence-electron chi connectivity index (χ4n) is 0.659. The monoisotopic (exact) mass is 171 g/mol. The van der Waals surface area contributed by atoms with Gasteiger partial charge in [0.05, 0.1) is 11.7 Å². The maximum Gasteiger partial charge on any atom is 0.126 e. The zero-order valence-electron chi connectivity index (χ0n) is 6.26. The molecule has 0 saturated heterocycles. The van der Waals surface area contributed by atoms with Crippen LogP contribution in [0.1, 0.15) is 0 Å². The molecule has 0 aliphatic rings. The molecule has 1 aromatic rings. The third-order valence-corrected chi connectivity index (χ3v) is 1.40. The van der Waals surface area contributed by atoms with Crippen molar-refractivity contribution in [2.24, 2.45) is 0 Å². The van der Waals surface area contributed by atoms with Gasteiger partial charge in [-0.3, -0.25) is 0 Å². The van der Waals surface area contributed by atoms with E-state index in [9.17, 15) is 0 Å². The molecule has 0 atom stereocenters. The van der Waals surface area contributed by atoms with Crippen LogP contribution >= 0.6 is 11.6 Å². The molecule has 0 unspecified atom stereocenters. The van der Waals surface area contributed by atoms with Crippen LogP contribution in [0, 0.1) is 0 Å². The van der Waals surface area contributed by atoms with Gasteiger partial charge in [0.2, 0.25) is 0 Å². The zero-order chi connectivity index (χ0) is 8.10. The number of aromatic nitrogens is 1. The first kappa shape index (κ1) is 8.30. The average Bonchev–Trinajstić information content (AvgIpc) is 2.04. The molecule has 0 aliphatic carbocycles. The van der Waals surface area contributed by atoms with Crippen molar-refractivity contribution in [3.05, 3.63) is 23.4 Å². The normalized spacial score (nSPS) is 9.64. The average molecular weight is 172 g/mol. The fourth-order valence-corrected chi connectivity index (χ4v) is 0.771. The second-order valence-electron chi connectivity index (χ2n) is 2.07. The Balaban J connectivity index is 2.52. The maximum atomic E-state index is 5.64. The molecule has 0 fully saturated rings. The summed E-state index contributed by atoms with van der Waals surface area (Å²) in [5.41, 5.74) is 0. The highest BCUT2D eigenvalue weighted by Crippen LogP contribution is 2.08. The molecule has 2 N–H and O–H groups in total. The molecule has 3 nitrogen and oxygen atoms in total. The molecule has 0 aliphatic heterocycles. The Morgan fingerprint density at radius 3 is 2.91 bits per heavy atom. The van der Waals surface area contributed by atoms with Gasteiger partial charge in [-0.15, -0.1) is 0 Å². The van der Waals surface area contributed by atoms with Crippen LogP contribution in [0.5, 0.6) is 0 Å². The molecular weight excluding hydrogens is 162 g/mol. The Morgan fingerprint density at radius 1 is 1.55 bits per heavy atom. The lowest BCUT2D eigenvalue weighted by Crippen LogP contribution is -2.17. The number of halogens is 1. The van der Waals surface area contributed by atoms with Crippen LogP contribution in [0.25, 0.3) is 0 Å². The van der Waals surface area contributed by atoms with Crippen molar-refractivity contribution in [2.45, 2.75) is 0 Å². The van der Waals surface area contributed by atoms with E-state index in [4.69, 9.17) is 11.6 Å². The highest BCUT2D eigenvalue weighted by Gasteiger charge is 1.90. The molecule has 0 aromatic carbocycles. The standard InChI is InChI=1S/C7H10ClN3/c1-9-5-11-7-3-2-6(8)4-10-7/h2-4,9H,5H2,1H3,(H,10,11). The summed E-state index contributed by atoms with van der Waals surface area (Å²) in [4.78, 5) is 4.03. The summed E-state index contributed by atoms with van der Waals surface area (Å²) in [6, 6.07) is 3.63. The summed E-state index contributed by atoms with van der Waals surface area (Å²) in [7, 11) is 1.86. The van der Waals surface area contributed by atoms with Crippen molar-refractivity contribution in [3.8, 4) is 0 Å². The van der Waals surface area contributed by atoms with Crippen molar-refractivity contribution in [1.29, 1.82) is 0 Å². The predicted molar refractivity (Wildman–Crippen MR) is 46.8 cm³/mol. The molecule has 60 valence electrons. The summed E-state index contributed by atoms with van der Waals surface area (Å²) in [6.07, 6.45) is 1.61. The summed E-state index contributed by atoms with van der Waals surface area (Å²) in [5.74, 6) is 0.823. The lowest BCUT2D eigenvalue weighted by Gasteiger charge is -2.02. The van der Waals surface area contributed by atoms with Gasteiger partial charge >= 0.3 is 0 Å². The van der Waals surface area contributed by atoms with Crippen molar-refractivity contribution >= 4 is 17.4 Å². The van der Waals surface area contributed by atoms with Crippen LogP contribution in [0.3, 0.4) is 0 Å². The van der Waals surface area contributed by atoms with Crippen molar-refractivity contribution in [2.75, 3.05) is 19.0 Å². The summed E-state index contributed by atoms with van der Waals surface area (Å²) < 4.78 is 0. The van der Waals surface area contributed by atoms with Crippen LogP contribution < -0.4 is 10.6 Å². The van der Waals surface area contributed by atoms with E-state index >= 15 is 0 Å². The first-order chi connectivity index (χ1) is 5.33. The number of pyridine rings is 1. The molecule has 0 spiro atoms. The second kappa shape index (κ2) is 4.16. The molecule has 0 bridgehead atoms. The Kier molecular flexibility index (Phi) is 3.14. The van der Waals surface area contributed by atoms with E-state index in [1.54, 1.807) is 12.3 Å². The largest absolute Gasteiger partial charge is 0.358 e. The van der Waals surface area contributed by atoms with E-state index in [0.717, 1.165) is 5.82 Å². The number of anilines is 1. The minimum Gasteiger partial charge on any atom is -0.358 e. The van der Waals surface area contributed by atoms with Gasteiger partial charge in [-0.05, 0) is 19.2 Å². The van der Waals surface area contributed by atoms with Gasteiger partial charge in [0.1, 0.15) is 5.82 Å². The highest BCUT2D eigenvalue weighted by molar-refractivity contribution is 6.30. The van der Waals surface area contributed by atoms with Gasteiger partial charge < -0.3 is 10.6 Å². The van der Waals surface area contributed by atoms with Crippen LogP contribution in [0.15, 0.2) is 18.3 Å². The molecule has 4 heteroatoms. The fraction of sp³-hybridized carbons (Fsp3) is 0.286. The van der Waals surface area contributed by atoms with E-state index in [1.165, 1.54) is 0 Å². The summed E-state index contributed by atoms with van der Waals surface area (Å²) in [6.45, 7) is 0.703. The van der Waals surface area contributed by atoms with Crippen molar-refractivity contribution in [3.63, 3.8) is 0 Å². The van der Waals surface area contributed by atoms with Crippen molar-refractivity contribution < 1.29 is 0 Å². The SMILES string of the molecule is CNCNc1ccc(Cl)cn1. The number of hydrogen-bond acceptors (Lipinski definition) is 3. The molecule has 1 aromatic heterocycles. The first-order valence-electron chi connectivity index (χ1n) is 3.33. The topological polar surface area (TPSA) is 37.0 Å². The molecule has 0 saturated carbocycles. The molecular formula is C7H10ClN3. The summed E-state index contributed by atoms with van der Waals surface area (Å²) >= 11 is 5.64. The van der Waals surface area contributed by atoms with Crippen LogP contribution in [-0.4, -0.2) is 18.7 Å². The Hall–Kier alpha value is -0.800. The van der Waals surface area contributed by atoms with Gasteiger partial charge in [0.25, 0.3) is 0 Å². The zero-order valence-corrected chi connectivity index (χ0v) is 7.02. The highest BCUT2D eigenvalue weighted by atomic mass is 35.5. The third kappa shape index (κ3) is 2.74. The van der Waals surface area contributed by atoms with Gasteiger partial charge in [-0.1, -0.05) is 11.6 Å². The predicted octanol–water partition coefficient (Wildman–Crippen LogP) is 1.32. The maximum absolute atomic E-state index is 5.64. The van der Waals surface area contributed by atoms with Gasteiger partial charge in [0, 0.05) is 6.20 Å². The summed E-state index contributed by atoms with van der Waals surface area (Å²) in [5, 5.41) is 6.64. The van der Waals surface area contributed by atoms with E-state index in [1.807, 2.05) is 13.1 Å². The van der Waals surface area contributed by atoms with E-state index in [-0.39, 0.29) is 0 Å².